The van der Waals surface area contributed by atoms with Crippen molar-refractivity contribution < 1.29 is 14.7 Å². The molecule has 0 unspecified atom stereocenters. The number of aromatic hydroxyl groups is 1. The third kappa shape index (κ3) is 4.04. The van der Waals surface area contributed by atoms with E-state index >= 15 is 0 Å². The molecule has 1 heterocycles. The second-order valence-electron chi connectivity index (χ2n) is 5.38. The van der Waals surface area contributed by atoms with Gasteiger partial charge in [0.25, 0.3) is 11.1 Å². The summed E-state index contributed by atoms with van der Waals surface area (Å²) in [5.41, 5.74) is 0.645. The summed E-state index contributed by atoms with van der Waals surface area (Å²) in [4.78, 5) is 26.1. The number of thioether (sulfide) groups is 1. The summed E-state index contributed by atoms with van der Waals surface area (Å²) in [5.74, 6) is -0.918. The van der Waals surface area contributed by atoms with Crippen LogP contribution in [0.3, 0.4) is 0 Å². The average molecular weight is 484 g/mol. The number of carbonyl (C=O) groups is 2. The Labute approximate surface area is 183 Å². The normalized spacial score (nSPS) is 15.9. The maximum atomic E-state index is 12.7. The first-order chi connectivity index (χ1) is 12.7. The molecule has 0 aliphatic carbocycles. The van der Waals surface area contributed by atoms with Gasteiger partial charge in [0.05, 0.1) is 26.5 Å². The Morgan fingerprint density at radius 3 is 2.26 bits per heavy atom. The van der Waals surface area contributed by atoms with Crippen LogP contribution in [0.4, 0.5) is 4.79 Å². The van der Waals surface area contributed by atoms with Crippen LogP contribution < -0.4 is 0 Å². The molecule has 0 saturated carbocycles. The summed E-state index contributed by atoms with van der Waals surface area (Å²) < 4.78 is 0. The highest BCUT2D eigenvalue weighted by Crippen LogP contribution is 2.42. The molecule has 140 valence electrons. The van der Waals surface area contributed by atoms with Crippen molar-refractivity contribution in [2.24, 2.45) is 0 Å². The fourth-order valence-corrected chi connectivity index (χ4v) is 4.55. The molecular formula is C17H8Cl5NO3S. The van der Waals surface area contributed by atoms with E-state index in [0.717, 1.165) is 4.90 Å². The lowest BCUT2D eigenvalue weighted by molar-refractivity contribution is -0.123. The molecule has 0 radical (unpaired) electrons. The highest BCUT2D eigenvalue weighted by Gasteiger charge is 2.36. The minimum atomic E-state index is -0.553. The SMILES string of the molecule is O=C1S/C(=C\c2c(Cl)cc(Cl)c(O)c2Cl)C(=O)N1Cc1c(Cl)cccc1Cl. The zero-order valence-electron chi connectivity index (χ0n) is 13.1. The topological polar surface area (TPSA) is 57.6 Å². The number of amides is 2. The van der Waals surface area contributed by atoms with Crippen LogP contribution in [0.15, 0.2) is 29.2 Å². The van der Waals surface area contributed by atoms with Crippen LogP contribution in [-0.2, 0) is 11.3 Å². The summed E-state index contributed by atoms with van der Waals surface area (Å²) in [6.45, 7) is -0.0756. The highest BCUT2D eigenvalue weighted by atomic mass is 35.5. The van der Waals surface area contributed by atoms with Crippen LogP contribution in [0.5, 0.6) is 5.75 Å². The molecule has 0 bridgehead atoms. The molecule has 1 fully saturated rings. The van der Waals surface area contributed by atoms with Gasteiger partial charge in [-0.3, -0.25) is 14.5 Å². The Kier molecular flexibility index (Phi) is 6.21. The number of hydrogen-bond acceptors (Lipinski definition) is 4. The molecule has 10 heteroatoms. The van der Waals surface area contributed by atoms with Crippen LogP contribution in [0, 0.1) is 0 Å². The summed E-state index contributed by atoms with van der Waals surface area (Å²) >= 11 is 30.9. The van der Waals surface area contributed by atoms with E-state index < -0.39 is 11.1 Å². The van der Waals surface area contributed by atoms with Crippen molar-refractivity contribution in [1.29, 1.82) is 0 Å². The average Bonchev–Trinajstić information content (AvgIpc) is 2.87. The van der Waals surface area contributed by atoms with Crippen LogP contribution >= 0.6 is 69.8 Å². The van der Waals surface area contributed by atoms with E-state index in [1.165, 1.54) is 12.1 Å². The number of phenolic OH excluding ortho intramolecular Hbond substituents is 1. The molecule has 2 aromatic rings. The van der Waals surface area contributed by atoms with Crippen molar-refractivity contribution in [3.05, 3.63) is 65.4 Å². The van der Waals surface area contributed by atoms with Gasteiger partial charge < -0.3 is 5.11 Å². The number of imide groups is 1. The van der Waals surface area contributed by atoms with Crippen molar-refractivity contribution in [2.45, 2.75) is 6.54 Å². The van der Waals surface area contributed by atoms with Crippen LogP contribution in [0.2, 0.25) is 25.1 Å². The van der Waals surface area contributed by atoms with Crippen molar-refractivity contribution in [2.75, 3.05) is 0 Å². The molecule has 4 nitrogen and oxygen atoms in total. The van der Waals surface area contributed by atoms with Gasteiger partial charge in [0.15, 0.2) is 5.75 Å². The summed E-state index contributed by atoms with van der Waals surface area (Å²) in [6.07, 6.45) is 1.33. The minimum Gasteiger partial charge on any atom is -0.505 e. The molecular weight excluding hydrogens is 476 g/mol. The van der Waals surface area contributed by atoms with E-state index in [9.17, 15) is 14.7 Å². The first-order valence-electron chi connectivity index (χ1n) is 7.25. The second kappa shape index (κ2) is 8.11. The van der Waals surface area contributed by atoms with E-state index in [1.54, 1.807) is 18.2 Å². The zero-order chi connectivity index (χ0) is 19.9. The molecule has 2 amide bonds. The number of benzene rings is 2. The monoisotopic (exact) mass is 481 g/mol. The van der Waals surface area contributed by atoms with E-state index in [-0.39, 0.29) is 37.8 Å². The smallest absolute Gasteiger partial charge is 0.293 e. The van der Waals surface area contributed by atoms with Crippen molar-refractivity contribution in [1.82, 2.24) is 4.90 Å². The van der Waals surface area contributed by atoms with Crippen molar-refractivity contribution in [3.63, 3.8) is 0 Å². The number of halogens is 5. The van der Waals surface area contributed by atoms with E-state index in [1.807, 2.05) is 0 Å². The van der Waals surface area contributed by atoms with Gasteiger partial charge in [0.2, 0.25) is 0 Å². The molecule has 2 aromatic carbocycles. The number of hydrogen-bond donors (Lipinski definition) is 1. The van der Waals surface area contributed by atoms with E-state index in [4.69, 9.17) is 58.0 Å². The molecule has 0 atom stereocenters. The Bertz CT molecular complexity index is 988. The van der Waals surface area contributed by atoms with Crippen LogP contribution in [-0.4, -0.2) is 21.2 Å². The molecule has 0 spiro atoms. The van der Waals surface area contributed by atoms with Gasteiger partial charge in [-0.1, -0.05) is 64.1 Å². The van der Waals surface area contributed by atoms with Gasteiger partial charge in [-0.15, -0.1) is 0 Å². The lowest BCUT2D eigenvalue weighted by Crippen LogP contribution is -2.27. The standard InChI is InChI=1S/C17H8Cl5NO3S/c18-9-2-1-3-10(19)8(9)6-23-16(25)13(27-17(23)26)4-7-11(20)5-12(21)15(24)14(7)22/h1-5,24H,6H2/b13-4-. The maximum absolute atomic E-state index is 12.7. The van der Waals surface area contributed by atoms with Gasteiger partial charge in [0, 0.05) is 21.2 Å². The van der Waals surface area contributed by atoms with Crippen molar-refractivity contribution >= 4 is 87.0 Å². The maximum Gasteiger partial charge on any atom is 0.293 e. The Hall–Kier alpha value is -1.08. The van der Waals surface area contributed by atoms with Crippen LogP contribution in [0.25, 0.3) is 6.08 Å². The first kappa shape index (κ1) is 20.6. The lowest BCUT2D eigenvalue weighted by atomic mass is 10.1. The van der Waals surface area contributed by atoms with E-state index in [0.29, 0.717) is 27.4 Å². The first-order valence-corrected chi connectivity index (χ1v) is 9.96. The van der Waals surface area contributed by atoms with Gasteiger partial charge in [-0.2, -0.15) is 0 Å². The fraction of sp³-hybridized carbons (Fsp3) is 0.0588. The quantitative estimate of drug-likeness (QED) is 0.483. The highest BCUT2D eigenvalue weighted by molar-refractivity contribution is 8.18. The molecule has 1 aliphatic heterocycles. The van der Waals surface area contributed by atoms with Gasteiger partial charge in [-0.25, -0.2) is 0 Å². The molecule has 1 saturated heterocycles. The summed E-state index contributed by atoms with van der Waals surface area (Å²) in [5, 5.41) is 10.0. The Morgan fingerprint density at radius 2 is 1.63 bits per heavy atom. The van der Waals surface area contributed by atoms with Gasteiger partial charge in [0.1, 0.15) is 0 Å². The summed E-state index contributed by atoms with van der Waals surface area (Å²) in [7, 11) is 0. The molecule has 0 aromatic heterocycles. The zero-order valence-corrected chi connectivity index (χ0v) is 17.7. The van der Waals surface area contributed by atoms with Gasteiger partial charge in [-0.05, 0) is 36.0 Å². The Morgan fingerprint density at radius 1 is 1.00 bits per heavy atom. The number of carbonyl (C=O) groups excluding carboxylic acids is 2. The molecule has 27 heavy (non-hydrogen) atoms. The number of nitrogens with zero attached hydrogens (tertiary/aromatic N) is 1. The fourth-order valence-electron chi connectivity index (χ4n) is 2.34. The van der Waals surface area contributed by atoms with Crippen LogP contribution in [0.1, 0.15) is 11.1 Å². The summed E-state index contributed by atoms with van der Waals surface area (Å²) in [6, 6.07) is 6.20. The third-order valence-electron chi connectivity index (χ3n) is 3.71. The largest absolute Gasteiger partial charge is 0.505 e. The predicted molar refractivity (Wildman–Crippen MR) is 111 cm³/mol. The lowest BCUT2D eigenvalue weighted by Gasteiger charge is -2.14. The molecule has 1 aliphatic rings. The van der Waals surface area contributed by atoms with Gasteiger partial charge >= 0.3 is 0 Å². The minimum absolute atomic E-state index is 0.0244. The molecule has 1 N–H and O–H groups in total. The molecule has 3 rings (SSSR count). The predicted octanol–water partition coefficient (Wildman–Crippen LogP) is 6.90. The Balaban J connectivity index is 1.95. The number of phenols is 1. The third-order valence-corrected chi connectivity index (χ3v) is 6.31. The number of rotatable bonds is 3. The van der Waals surface area contributed by atoms with Crippen molar-refractivity contribution in [3.8, 4) is 5.75 Å². The second-order valence-corrected chi connectivity index (χ2v) is 8.38. The van der Waals surface area contributed by atoms with E-state index in [2.05, 4.69) is 0 Å².